The molecule has 0 saturated heterocycles. The zero-order chi connectivity index (χ0) is 20.4. The van der Waals surface area contributed by atoms with Crippen LogP contribution < -0.4 is 10.2 Å². The highest BCUT2D eigenvalue weighted by atomic mass is 79.9. The zero-order valence-corrected chi connectivity index (χ0v) is 17.7. The number of carbonyl (C=O) groups is 1. The maximum absolute atomic E-state index is 12.8. The van der Waals surface area contributed by atoms with Gasteiger partial charge in [0, 0.05) is 41.7 Å². The van der Waals surface area contributed by atoms with E-state index in [1.807, 2.05) is 84.2 Å². The Morgan fingerprint density at radius 3 is 2.48 bits per heavy atom. The molecular weight excluding hydrogens is 430 g/mol. The fraction of sp³-hybridized carbons (Fsp3) is 0.136. The van der Waals surface area contributed by atoms with Crippen LogP contribution in [-0.4, -0.2) is 34.5 Å². The molecule has 0 aliphatic heterocycles. The molecular formula is C22H20BrN5O. The van der Waals surface area contributed by atoms with Crippen molar-refractivity contribution in [3.8, 4) is 11.4 Å². The van der Waals surface area contributed by atoms with E-state index in [-0.39, 0.29) is 12.5 Å². The number of hydrogen-bond donors (Lipinski definition) is 1. The van der Waals surface area contributed by atoms with Crippen molar-refractivity contribution >= 4 is 44.4 Å². The van der Waals surface area contributed by atoms with E-state index in [4.69, 9.17) is 4.98 Å². The van der Waals surface area contributed by atoms with Gasteiger partial charge in [0.1, 0.15) is 17.9 Å². The molecule has 0 saturated carbocycles. The summed E-state index contributed by atoms with van der Waals surface area (Å²) in [5.41, 5.74) is 4.19. The number of benzene rings is 2. The van der Waals surface area contributed by atoms with Crippen LogP contribution in [0.3, 0.4) is 0 Å². The van der Waals surface area contributed by atoms with Crippen LogP contribution in [0.15, 0.2) is 71.3 Å². The Balaban J connectivity index is 1.63. The van der Waals surface area contributed by atoms with Gasteiger partial charge in [-0.15, -0.1) is 0 Å². The second-order valence-corrected chi connectivity index (χ2v) is 7.78. The van der Waals surface area contributed by atoms with Crippen LogP contribution in [0.5, 0.6) is 0 Å². The molecule has 4 rings (SSSR count). The van der Waals surface area contributed by atoms with Gasteiger partial charge >= 0.3 is 0 Å². The molecule has 2 aromatic carbocycles. The second-order valence-electron chi connectivity index (χ2n) is 6.86. The SMILES string of the molecule is CN(C)c1ccc(NC(=O)Cn2c(-c3ccc(Br)cc3)nc3cccnc32)cc1. The fourth-order valence-corrected chi connectivity index (χ4v) is 3.38. The number of nitrogens with one attached hydrogen (secondary N) is 1. The van der Waals surface area contributed by atoms with Gasteiger partial charge in [0.15, 0.2) is 5.65 Å². The Labute approximate surface area is 177 Å². The van der Waals surface area contributed by atoms with Gasteiger partial charge in [0.25, 0.3) is 0 Å². The number of carbonyl (C=O) groups excluding carboxylic acids is 1. The summed E-state index contributed by atoms with van der Waals surface area (Å²) in [5, 5.41) is 2.96. The molecule has 6 nitrogen and oxygen atoms in total. The Morgan fingerprint density at radius 2 is 1.79 bits per heavy atom. The van der Waals surface area contributed by atoms with E-state index >= 15 is 0 Å². The molecule has 0 bridgehead atoms. The van der Waals surface area contributed by atoms with Gasteiger partial charge in [-0.25, -0.2) is 9.97 Å². The predicted molar refractivity (Wildman–Crippen MR) is 120 cm³/mol. The molecule has 29 heavy (non-hydrogen) atoms. The molecule has 2 aromatic heterocycles. The summed E-state index contributed by atoms with van der Waals surface area (Å²) in [6.07, 6.45) is 1.71. The van der Waals surface area contributed by atoms with Gasteiger partial charge in [0.05, 0.1) is 0 Å². The zero-order valence-electron chi connectivity index (χ0n) is 16.1. The number of rotatable bonds is 5. The topological polar surface area (TPSA) is 63.1 Å². The third-order valence-corrected chi connectivity index (χ3v) is 5.10. The standard InChI is InChI=1S/C22H20BrN5O/c1-27(2)18-11-9-17(10-12-18)25-20(29)14-28-21(15-5-7-16(23)8-6-15)26-19-4-3-13-24-22(19)28/h3-13H,14H2,1-2H3,(H,25,29). The molecule has 0 aliphatic rings. The highest BCUT2D eigenvalue weighted by molar-refractivity contribution is 9.10. The molecule has 1 N–H and O–H groups in total. The molecule has 0 fully saturated rings. The number of amides is 1. The van der Waals surface area contributed by atoms with Crippen molar-refractivity contribution in [3.05, 3.63) is 71.3 Å². The maximum atomic E-state index is 12.8. The Bertz CT molecular complexity index is 1150. The van der Waals surface area contributed by atoms with Gasteiger partial charge in [-0.2, -0.15) is 0 Å². The number of halogens is 1. The van der Waals surface area contributed by atoms with Gasteiger partial charge in [-0.1, -0.05) is 28.1 Å². The number of hydrogen-bond acceptors (Lipinski definition) is 4. The van der Waals surface area contributed by atoms with Crippen molar-refractivity contribution in [2.45, 2.75) is 6.54 Å². The molecule has 4 aromatic rings. The molecule has 0 radical (unpaired) electrons. The van der Waals surface area contributed by atoms with Crippen LogP contribution in [0.1, 0.15) is 0 Å². The second kappa shape index (κ2) is 8.05. The highest BCUT2D eigenvalue weighted by Crippen LogP contribution is 2.25. The highest BCUT2D eigenvalue weighted by Gasteiger charge is 2.16. The number of aromatic nitrogens is 3. The lowest BCUT2D eigenvalue weighted by atomic mass is 10.2. The van der Waals surface area contributed by atoms with E-state index in [2.05, 4.69) is 26.2 Å². The van der Waals surface area contributed by atoms with E-state index in [1.54, 1.807) is 6.20 Å². The minimum atomic E-state index is -0.133. The lowest BCUT2D eigenvalue weighted by Crippen LogP contribution is -2.19. The van der Waals surface area contributed by atoms with Crippen molar-refractivity contribution in [2.24, 2.45) is 0 Å². The normalized spacial score (nSPS) is 10.9. The summed E-state index contributed by atoms with van der Waals surface area (Å²) in [7, 11) is 3.96. The first-order chi connectivity index (χ1) is 14.0. The molecule has 7 heteroatoms. The van der Waals surface area contributed by atoms with Gasteiger partial charge in [0.2, 0.25) is 5.91 Å². The number of pyridine rings is 1. The minimum absolute atomic E-state index is 0.119. The molecule has 2 heterocycles. The van der Waals surface area contributed by atoms with E-state index < -0.39 is 0 Å². The molecule has 0 unspecified atom stereocenters. The fourth-order valence-electron chi connectivity index (χ4n) is 3.11. The van der Waals surface area contributed by atoms with Crippen molar-refractivity contribution in [3.63, 3.8) is 0 Å². The first-order valence-corrected chi connectivity index (χ1v) is 9.95. The summed E-state index contributed by atoms with van der Waals surface area (Å²) >= 11 is 3.46. The van der Waals surface area contributed by atoms with Crippen LogP contribution in [0, 0.1) is 0 Å². The quantitative estimate of drug-likeness (QED) is 0.484. The first-order valence-electron chi connectivity index (χ1n) is 9.16. The minimum Gasteiger partial charge on any atom is -0.378 e. The number of anilines is 2. The lowest BCUT2D eigenvalue weighted by Gasteiger charge is -2.13. The number of fused-ring (bicyclic) bond motifs is 1. The number of imidazole rings is 1. The predicted octanol–water partition coefficient (Wildman–Crippen LogP) is 4.57. The molecule has 0 aliphatic carbocycles. The van der Waals surface area contributed by atoms with Crippen molar-refractivity contribution in [2.75, 3.05) is 24.3 Å². The molecule has 146 valence electrons. The summed E-state index contributed by atoms with van der Waals surface area (Å²) in [6, 6.07) is 19.3. The monoisotopic (exact) mass is 449 g/mol. The van der Waals surface area contributed by atoms with Crippen molar-refractivity contribution in [1.82, 2.24) is 14.5 Å². The van der Waals surface area contributed by atoms with E-state index in [0.717, 1.165) is 26.9 Å². The average molecular weight is 450 g/mol. The molecule has 0 atom stereocenters. The van der Waals surface area contributed by atoms with Crippen LogP contribution in [0.25, 0.3) is 22.6 Å². The summed E-state index contributed by atoms with van der Waals surface area (Å²) < 4.78 is 2.84. The Hall–Kier alpha value is -3.19. The maximum Gasteiger partial charge on any atom is 0.244 e. The van der Waals surface area contributed by atoms with Crippen LogP contribution in [-0.2, 0) is 11.3 Å². The van der Waals surface area contributed by atoms with Crippen LogP contribution in [0.4, 0.5) is 11.4 Å². The van der Waals surface area contributed by atoms with Crippen LogP contribution in [0.2, 0.25) is 0 Å². The largest absolute Gasteiger partial charge is 0.378 e. The van der Waals surface area contributed by atoms with E-state index in [9.17, 15) is 4.79 Å². The molecule has 0 spiro atoms. The van der Waals surface area contributed by atoms with Crippen molar-refractivity contribution in [1.29, 1.82) is 0 Å². The van der Waals surface area contributed by atoms with Gasteiger partial charge in [-0.3, -0.25) is 9.36 Å². The first kappa shape index (κ1) is 19.1. The third-order valence-electron chi connectivity index (χ3n) is 4.58. The van der Waals surface area contributed by atoms with Gasteiger partial charge < -0.3 is 10.2 Å². The smallest absolute Gasteiger partial charge is 0.244 e. The summed E-state index contributed by atoms with van der Waals surface area (Å²) in [6.45, 7) is 0.119. The Kier molecular flexibility index (Phi) is 5.31. The van der Waals surface area contributed by atoms with E-state index in [1.165, 1.54) is 0 Å². The van der Waals surface area contributed by atoms with Crippen molar-refractivity contribution < 1.29 is 4.79 Å². The molecule has 1 amide bonds. The average Bonchev–Trinajstić information content (AvgIpc) is 3.07. The number of nitrogens with zero attached hydrogens (tertiary/aromatic N) is 4. The van der Waals surface area contributed by atoms with Gasteiger partial charge in [-0.05, 0) is 48.5 Å². The van der Waals surface area contributed by atoms with Crippen LogP contribution >= 0.6 is 15.9 Å². The lowest BCUT2D eigenvalue weighted by molar-refractivity contribution is -0.116. The summed E-state index contributed by atoms with van der Waals surface area (Å²) in [5.74, 6) is 0.579. The van der Waals surface area contributed by atoms with E-state index in [0.29, 0.717) is 11.5 Å². The summed E-state index contributed by atoms with van der Waals surface area (Å²) in [4.78, 5) is 23.9. The Morgan fingerprint density at radius 1 is 1.07 bits per heavy atom. The third kappa shape index (κ3) is 4.14.